The van der Waals surface area contributed by atoms with Crippen LogP contribution in [0, 0.1) is 96.2 Å². The van der Waals surface area contributed by atoms with Crippen molar-refractivity contribution in [2.45, 2.75) is 27.7 Å². The van der Waals surface area contributed by atoms with Gasteiger partial charge < -0.3 is 30.7 Å². The molecule has 14 heteroatoms. The number of phenols is 1. The van der Waals surface area contributed by atoms with Gasteiger partial charge in [-0.05, 0) is 68.6 Å². The average molecular weight is 937 g/mol. The van der Waals surface area contributed by atoms with Crippen molar-refractivity contribution in [3.05, 3.63) is 72.3 Å². The third kappa shape index (κ3) is 14.7. The summed E-state index contributed by atoms with van der Waals surface area (Å²) in [5.74, 6) is 0.741. The number of aromatic hydroxyl groups is 1. The second kappa shape index (κ2) is 20.1. The van der Waals surface area contributed by atoms with Crippen LogP contribution >= 0.6 is 0 Å². The molecule has 4 rings (SSSR count). The van der Waals surface area contributed by atoms with Gasteiger partial charge in [0.2, 0.25) is 0 Å². The molecular weight excluding hydrogens is 903 g/mol. The molecule has 4 aromatic rings. The fourth-order valence-corrected chi connectivity index (χ4v) is 2.86. The smallest absolute Gasteiger partial charge is 0.261 e. The minimum Gasteiger partial charge on any atom is -0.507 e. The summed E-state index contributed by atoms with van der Waals surface area (Å²) < 4.78 is 25.9. The summed E-state index contributed by atoms with van der Waals surface area (Å²) in [5, 5.41) is 20.1. The summed E-state index contributed by atoms with van der Waals surface area (Å²) in [5.41, 5.74) is 9.98. The van der Waals surface area contributed by atoms with Gasteiger partial charge in [-0.15, -0.1) is 5.11 Å². The Morgan fingerprint density at radius 3 is 1.98 bits per heavy atom. The molecule has 0 spiro atoms. The molecule has 0 amide bonds. The van der Waals surface area contributed by atoms with E-state index in [0.717, 1.165) is 22.2 Å². The van der Waals surface area contributed by atoms with E-state index >= 15 is 0 Å². The van der Waals surface area contributed by atoms with Crippen molar-refractivity contribution in [1.29, 1.82) is 0 Å². The van der Waals surface area contributed by atoms with Gasteiger partial charge in [-0.1, -0.05) is 44.2 Å². The monoisotopic (exact) mass is 936 g/mol. The number of hydrogen-bond donors (Lipinski definition) is 3. The molecule has 0 unspecified atom stereocenters. The summed E-state index contributed by atoms with van der Waals surface area (Å²) in [6.07, 6.45) is 5.48. The summed E-state index contributed by atoms with van der Waals surface area (Å²) in [6.45, 7) is 7.91. The predicted octanol–water partition coefficient (Wildman–Crippen LogP) is 5.23. The van der Waals surface area contributed by atoms with Crippen LogP contribution in [0.2, 0.25) is 0 Å². The van der Waals surface area contributed by atoms with Crippen molar-refractivity contribution in [1.82, 2.24) is 15.0 Å². The SMILES string of the molecule is CC.CN(C)c1n[c-]n[c-]n1.CS(=O)(=O)O.Cc1cc(O)c2c(N)c(N=Nc3ccccc3C)ccc2c1.[Tb].[U]. The summed E-state index contributed by atoms with van der Waals surface area (Å²) in [4.78, 5) is 12.6. The molecule has 0 aliphatic rings. The van der Waals surface area contributed by atoms with Crippen LogP contribution in [0.3, 0.4) is 0 Å². The van der Waals surface area contributed by atoms with Crippen molar-refractivity contribution < 1.29 is 87.8 Å². The fraction of sp³-hybridized carbons (Fsp3) is 0.269. The molecular formula is C26H33N7O4STbU-2. The number of anilines is 2. The molecule has 0 atom stereocenters. The van der Waals surface area contributed by atoms with Crippen LogP contribution in [-0.2, 0) is 10.1 Å². The van der Waals surface area contributed by atoms with Gasteiger partial charge >= 0.3 is 0 Å². The van der Waals surface area contributed by atoms with Crippen LogP contribution in [0.15, 0.2) is 58.8 Å². The van der Waals surface area contributed by atoms with Gasteiger partial charge in [-0.3, -0.25) is 4.55 Å². The number of nitrogen functional groups attached to an aromatic ring is 1. The second-order valence-corrected chi connectivity index (χ2v) is 9.30. The number of nitrogens with two attached hydrogens (primary N) is 1. The zero-order valence-corrected chi connectivity index (χ0v) is 30.5. The molecule has 1 aromatic heterocycles. The molecule has 1 radical (unpaired) electrons. The first-order chi connectivity index (χ1) is 17.9. The van der Waals surface area contributed by atoms with Crippen molar-refractivity contribution in [2.24, 2.45) is 10.2 Å². The van der Waals surface area contributed by atoms with Crippen molar-refractivity contribution in [3.8, 4) is 5.75 Å². The number of phenolic OH excluding ortho intramolecular Hbond substituents is 1. The fourth-order valence-electron chi connectivity index (χ4n) is 2.86. The van der Waals surface area contributed by atoms with E-state index < -0.39 is 10.1 Å². The van der Waals surface area contributed by atoms with E-state index in [0.29, 0.717) is 29.0 Å². The molecule has 0 fully saturated rings. The first kappa shape index (κ1) is 40.3. The first-order valence-corrected chi connectivity index (χ1v) is 13.3. The van der Waals surface area contributed by atoms with Gasteiger partial charge in [0.15, 0.2) is 0 Å². The summed E-state index contributed by atoms with van der Waals surface area (Å²) in [7, 11) is 0.0219. The van der Waals surface area contributed by atoms with Crippen molar-refractivity contribution in [2.75, 3.05) is 31.0 Å². The summed E-state index contributed by atoms with van der Waals surface area (Å²) in [6, 6.07) is 15.1. The number of azo groups is 1. The standard InChI is InChI=1S/C18H17N3O.C5H6N4.C2H6.CH4O3S.Tb.U/c1-11-9-13-7-8-15(18(19)17(13)16(22)10-11)21-20-14-6-4-3-5-12(14)2;1-9(2)5-7-3-6-4-8-5;1-2;1-5(2,3)4;;/h3-10,22H,19H2,1-2H3;1-2H3;1-2H3;1H3,(H,2,3,4);;/q;-2;;;;. The predicted molar refractivity (Wildman–Crippen MR) is 151 cm³/mol. The maximum absolute atomic E-state index is 10.1. The Balaban J connectivity index is 0. The second-order valence-electron chi connectivity index (χ2n) is 7.83. The van der Waals surface area contributed by atoms with Crippen LogP contribution in [-0.4, -0.2) is 53.4 Å². The molecule has 0 saturated heterocycles. The Labute approximate surface area is 290 Å². The number of benzene rings is 3. The number of nitrogens with zero attached hydrogens (tertiary/aromatic N) is 6. The Kier molecular flexibility index (Phi) is 20.3. The van der Waals surface area contributed by atoms with Gasteiger partial charge in [0.05, 0.1) is 17.6 Å². The zero-order valence-electron chi connectivity index (χ0n) is 23.3. The Morgan fingerprint density at radius 1 is 0.950 bits per heavy atom. The van der Waals surface area contributed by atoms with Gasteiger partial charge in [0.25, 0.3) is 10.1 Å². The quantitative estimate of drug-likeness (QED) is 0.108. The summed E-state index contributed by atoms with van der Waals surface area (Å²) >= 11 is 0. The number of rotatable bonds is 3. The van der Waals surface area contributed by atoms with Crippen LogP contribution in [0.25, 0.3) is 10.8 Å². The Morgan fingerprint density at radius 2 is 1.48 bits per heavy atom. The minimum atomic E-state index is -3.67. The van der Waals surface area contributed by atoms with E-state index in [9.17, 15) is 13.5 Å². The largest absolute Gasteiger partial charge is 0.507 e. The van der Waals surface area contributed by atoms with Crippen LogP contribution in [0.1, 0.15) is 25.0 Å². The zero-order chi connectivity index (χ0) is 28.9. The molecule has 1 heterocycles. The normalized spacial score (nSPS) is 9.90. The molecule has 0 saturated carbocycles. The van der Waals surface area contributed by atoms with Gasteiger partial charge in [-0.2, -0.15) is 26.2 Å². The van der Waals surface area contributed by atoms with E-state index in [1.165, 1.54) is 0 Å². The topological polar surface area (TPSA) is 167 Å². The number of aromatic nitrogens is 3. The molecule has 4 N–H and O–H groups in total. The Bertz CT molecular complexity index is 1450. The molecule has 40 heavy (non-hydrogen) atoms. The average Bonchev–Trinajstić information content (AvgIpc) is 2.85. The van der Waals surface area contributed by atoms with E-state index in [2.05, 4.69) is 37.8 Å². The third-order valence-electron chi connectivity index (χ3n) is 4.44. The number of aryl methyl sites for hydroxylation is 2. The van der Waals surface area contributed by atoms with E-state index in [1.54, 1.807) is 11.0 Å². The van der Waals surface area contributed by atoms with Crippen molar-refractivity contribution >= 4 is 43.9 Å². The molecule has 3 aromatic carbocycles. The molecule has 0 aliphatic carbocycles. The molecule has 217 valence electrons. The maximum atomic E-state index is 10.1. The third-order valence-corrected chi connectivity index (χ3v) is 4.44. The van der Waals surface area contributed by atoms with Crippen LogP contribution < -0.4 is 10.6 Å². The van der Waals surface area contributed by atoms with E-state index in [4.69, 9.17) is 10.3 Å². The molecule has 11 nitrogen and oxygen atoms in total. The van der Waals surface area contributed by atoms with Crippen molar-refractivity contribution in [3.63, 3.8) is 0 Å². The Hall–Kier alpha value is -1.82. The molecule has 0 bridgehead atoms. The molecule has 0 aliphatic heterocycles. The van der Waals surface area contributed by atoms with Crippen LogP contribution in [0.5, 0.6) is 5.75 Å². The van der Waals surface area contributed by atoms with Crippen LogP contribution in [0.4, 0.5) is 23.0 Å². The first-order valence-electron chi connectivity index (χ1n) is 11.4. The van der Waals surface area contributed by atoms with Gasteiger partial charge in [-0.25, -0.2) is 0 Å². The number of hydrogen-bond acceptors (Lipinski definition) is 10. The van der Waals surface area contributed by atoms with Gasteiger partial charge in [0.1, 0.15) is 11.4 Å². The van der Waals surface area contributed by atoms with E-state index in [1.807, 2.05) is 84.3 Å². The maximum Gasteiger partial charge on any atom is 0.261 e. The minimum absolute atomic E-state index is 0. The van der Waals surface area contributed by atoms with Gasteiger partial charge in [0, 0.05) is 75.1 Å². The van der Waals surface area contributed by atoms with E-state index in [-0.39, 0.29) is 75.5 Å². The number of fused-ring (bicyclic) bond motifs is 1.